The van der Waals surface area contributed by atoms with Crippen molar-refractivity contribution in [3.05, 3.63) is 34.9 Å². The molecule has 0 radical (unpaired) electrons. The van der Waals surface area contributed by atoms with E-state index in [-0.39, 0.29) is 18.5 Å². The SMILES string of the molecule is Cc1ccc2c(c1)C(=O)N(CC(=O)NC(CN)CC(C)C)C2=O. The molecule has 3 amide bonds. The van der Waals surface area contributed by atoms with E-state index in [2.05, 4.69) is 5.32 Å². The highest BCUT2D eigenvalue weighted by atomic mass is 16.2. The fourth-order valence-electron chi connectivity index (χ4n) is 2.75. The number of hydrogen-bond acceptors (Lipinski definition) is 4. The summed E-state index contributed by atoms with van der Waals surface area (Å²) in [6.45, 7) is 5.99. The van der Waals surface area contributed by atoms with Gasteiger partial charge in [0.05, 0.1) is 11.1 Å². The molecule has 1 aliphatic heterocycles. The lowest BCUT2D eigenvalue weighted by Gasteiger charge is -2.20. The molecular formula is C17H23N3O3. The van der Waals surface area contributed by atoms with Gasteiger partial charge in [0.1, 0.15) is 6.54 Å². The maximum absolute atomic E-state index is 12.3. The highest BCUT2D eigenvalue weighted by Gasteiger charge is 2.36. The molecule has 0 spiro atoms. The van der Waals surface area contributed by atoms with E-state index in [1.165, 1.54) is 0 Å². The van der Waals surface area contributed by atoms with Gasteiger partial charge in [-0.05, 0) is 31.4 Å². The van der Waals surface area contributed by atoms with Gasteiger partial charge in [-0.1, -0.05) is 25.5 Å². The molecular weight excluding hydrogens is 294 g/mol. The molecule has 1 aromatic rings. The van der Waals surface area contributed by atoms with Gasteiger partial charge in [0, 0.05) is 12.6 Å². The van der Waals surface area contributed by atoms with Gasteiger partial charge in [-0.2, -0.15) is 0 Å². The van der Waals surface area contributed by atoms with Crippen molar-refractivity contribution in [2.75, 3.05) is 13.1 Å². The first kappa shape index (κ1) is 17.1. The summed E-state index contributed by atoms with van der Waals surface area (Å²) in [5.74, 6) is -0.816. The van der Waals surface area contributed by atoms with Gasteiger partial charge >= 0.3 is 0 Å². The average molecular weight is 317 g/mol. The topological polar surface area (TPSA) is 92.5 Å². The Hall–Kier alpha value is -2.21. The number of nitrogens with two attached hydrogens (primary N) is 1. The van der Waals surface area contributed by atoms with Crippen molar-refractivity contribution in [3.8, 4) is 0 Å². The van der Waals surface area contributed by atoms with E-state index in [9.17, 15) is 14.4 Å². The normalized spacial score (nSPS) is 15.1. The van der Waals surface area contributed by atoms with Crippen molar-refractivity contribution in [2.45, 2.75) is 33.2 Å². The van der Waals surface area contributed by atoms with Crippen LogP contribution in [0.3, 0.4) is 0 Å². The first-order valence-electron chi connectivity index (χ1n) is 7.79. The monoisotopic (exact) mass is 317 g/mol. The second kappa shape index (κ2) is 6.91. The van der Waals surface area contributed by atoms with Gasteiger partial charge in [0.25, 0.3) is 11.8 Å². The van der Waals surface area contributed by atoms with Crippen LogP contribution < -0.4 is 11.1 Å². The Kier molecular flexibility index (Phi) is 5.15. The number of benzene rings is 1. The Balaban J connectivity index is 2.05. The molecule has 1 aromatic carbocycles. The number of nitrogens with one attached hydrogen (secondary N) is 1. The summed E-state index contributed by atoms with van der Waals surface area (Å²) in [4.78, 5) is 37.8. The number of fused-ring (bicyclic) bond motifs is 1. The van der Waals surface area contributed by atoms with Crippen molar-refractivity contribution in [1.82, 2.24) is 10.2 Å². The molecule has 0 saturated heterocycles. The summed E-state index contributed by atoms with van der Waals surface area (Å²) in [7, 11) is 0. The van der Waals surface area contributed by atoms with Gasteiger partial charge in [0.2, 0.25) is 5.91 Å². The Morgan fingerprint density at radius 2 is 1.87 bits per heavy atom. The molecule has 0 saturated carbocycles. The van der Waals surface area contributed by atoms with Crippen LogP contribution in [0.25, 0.3) is 0 Å². The predicted molar refractivity (Wildman–Crippen MR) is 87.0 cm³/mol. The van der Waals surface area contributed by atoms with E-state index in [4.69, 9.17) is 5.73 Å². The molecule has 0 aliphatic carbocycles. The molecule has 6 heteroatoms. The number of nitrogens with zero attached hydrogens (tertiary/aromatic N) is 1. The van der Waals surface area contributed by atoms with E-state index in [1.54, 1.807) is 18.2 Å². The van der Waals surface area contributed by atoms with Crippen molar-refractivity contribution >= 4 is 17.7 Å². The minimum absolute atomic E-state index is 0.153. The molecule has 0 fully saturated rings. The van der Waals surface area contributed by atoms with Crippen LogP contribution in [-0.4, -0.2) is 41.8 Å². The van der Waals surface area contributed by atoms with Crippen molar-refractivity contribution in [1.29, 1.82) is 0 Å². The summed E-state index contributed by atoms with van der Waals surface area (Å²) < 4.78 is 0. The fourth-order valence-corrected chi connectivity index (χ4v) is 2.75. The predicted octanol–water partition coefficient (Wildman–Crippen LogP) is 1.08. The third-order valence-electron chi connectivity index (χ3n) is 3.83. The first-order valence-corrected chi connectivity index (χ1v) is 7.79. The van der Waals surface area contributed by atoms with Gasteiger partial charge in [-0.15, -0.1) is 0 Å². The average Bonchev–Trinajstić information content (AvgIpc) is 2.70. The number of amides is 3. The van der Waals surface area contributed by atoms with E-state index in [1.807, 2.05) is 20.8 Å². The standard InChI is InChI=1S/C17H23N3O3/c1-10(2)6-12(8-18)19-15(21)9-20-16(22)13-5-4-11(3)7-14(13)17(20)23/h4-5,7,10,12H,6,8-9,18H2,1-3H3,(H,19,21). The third-order valence-corrected chi connectivity index (χ3v) is 3.83. The summed E-state index contributed by atoms with van der Waals surface area (Å²) in [6, 6.07) is 4.93. The number of carbonyl (C=O) groups excluding carboxylic acids is 3. The molecule has 1 atom stereocenters. The zero-order valence-corrected chi connectivity index (χ0v) is 13.8. The Morgan fingerprint density at radius 1 is 1.22 bits per heavy atom. The molecule has 124 valence electrons. The van der Waals surface area contributed by atoms with Crippen LogP contribution in [0, 0.1) is 12.8 Å². The molecule has 2 rings (SSSR count). The van der Waals surface area contributed by atoms with Gasteiger partial charge in [-0.25, -0.2) is 0 Å². The van der Waals surface area contributed by atoms with Crippen LogP contribution in [0.1, 0.15) is 46.5 Å². The summed E-state index contributed by atoms with van der Waals surface area (Å²) >= 11 is 0. The van der Waals surface area contributed by atoms with Crippen molar-refractivity contribution in [2.24, 2.45) is 11.7 Å². The van der Waals surface area contributed by atoms with Gasteiger partial charge in [-0.3, -0.25) is 19.3 Å². The fraction of sp³-hybridized carbons (Fsp3) is 0.471. The molecule has 0 aromatic heterocycles. The molecule has 0 bridgehead atoms. The molecule has 6 nitrogen and oxygen atoms in total. The highest BCUT2D eigenvalue weighted by molar-refractivity contribution is 6.22. The lowest BCUT2D eigenvalue weighted by Crippen LogP contribution is -2.46. The molecule has 1 heterocycles. The maximum atomic E-state index is 12.3. The first-order chi connectivity index (χ1) is 10.8. The minimum Gasteiger partial charge on any atom is -0.351 e. The van der Waals surface area contributed by atoms with Crippen LogP contribution >= 0.6 is 0 Å². The smallest absolute Gasteiger partial charge is 0.262 e. The molecule has 3 N–H and O–H groups in total. The largest absolute Gasteiger partial charge is 0.351 e. The number of aryl methyl sites for hydroxylation is 1. The number of hydrogen-bond donors (Lipinski definition) is 2. The Bertz CT molecular complexity index is 640. The van der Waals surface area contributed by atoms with E-state index >= 15 is 0 Å². The molecule has 1 unspecified atom stereocenters. The van der Waals surface area contributed by atoms with E-state index < -0.39 is 11.8 Å². The minimum atomic E-state index is -0.423. The van der Waals surface area contributed by atoms with Crippen LogP contribution in [0.2, 0.25) is 0 Å². The Morgan fingerprint density at radius 3 is 2.48 bits per heavy atom. The van der Waals surface area contributed by atoms with Crippen LogP contribution in [0.15, 0.2) is 18.2 Å². The molecule has 1 aliphatic rings. The van der Waals surface area contributed by atoms with E-state index in [0.717, 1.165) is 16.9 Å². The zero-order valence-electron chi connectivity index (χ0n) is 13.8. The van der Waals surface area contributed by atoms with Crippen molar-refractivity contribution in [3.63, 3.8) is 0 Å². The summed E-state index contributed by atoms with van der Waals surface area (Å²) in [5, 5.41) is 2.79. The van der Waals surface area contributed by atoms with Crippen LogP contribution in [0.5, 0.6) is 0 Å². The summed E-state index contributed by atoms with van der Waals surface area (Å²) in [6.07, 6.45) is 0.754. The van der Waals surface area contributed by atoms with Gasteiger partial charge < -0.3 is 11.1 Å². The highest BCUT2D eigenvalue weighted by Crippen LogP contribution is 2.23. The zero-order chi connectivity index (χ0) is 17.1. The van der Waals surface area contributed by atoms with E-state index in [0.29, 0.717) is 23.6 Å². The lowest BCUT2D eigenvalue weighted by atomic mass is 10.0. The number of carbonyl (C=O) groups is 3. The number of imide groups is 1. The quantitative estimate of drug-likeness (QED) is 0.768. The Labute approximate surface area is 136 Å². The van der Waals surface area contributed by atoms with Crippen LogP contribution in [0.4, 0.5) is 0 Å². The van der Waals surface area contributed by atoms with Crippen LogP contribution in [-0.2, 0) is 4.79 Å². The molecule has 23 heavy (non-hydrogen) atoms. The third kappa shape index (κ3) is 3.76. The summed E-state index contributed by atoms with van der Waals surface area (Å²) in [5.41, 5.74) is 7.27. The lowest BCUT2D eigenvalue weighted by molar-refractivity contribution is -0.122. The second-order valence-electron chi connectivity index (χ2n) is 6.38. The van der Waals surface area contributed by atoms with Crippen molar-refractivity contribution < 1.29 is 14.4 Å². The maximum Gasteiger partial charge on any atom is 0.262 e. The van der Waals surface area contributed by atoms with Gasteiger partial charge in [0.15, 0.2) is 0 Å². The number of rotatable bonds is 6. The second-order valence-corrected chi connectivity index (χ2v) is 6.38.